The highest BCUT2D eigenvalue weighted by atomic mass is 35.5. The quantitative estimate of drug-likeness (QED) is 0.502. The Hall–Kier alpha value is -3.18. The average molecular weight is 405 g/mol. The fourth-order valence-corrected chi connectivity index (χ4v) is 3.56. The fourth-order valence-electron chi connectivity index (χ4n) is 3.33. The van der Waals surface area contributed by atoms with Crippen LogP contribution in [0.1, 0.15) is 29.3 Å². The molecule has 0 aliphatic rings. The number of halogens is 1. The summed E-state index contributed by atoms with van der Waals surface area (Å²) in [5, 5.41) is 8.07. The number of nitrogens with one attached hydrogen (secondary N) is 1. The number of benzene rings is 2. The van der Waals surface area contributed by atoms with Crippen molar-refractivity contribution in [2.45, 2.75) is 25.8 Å². The third kappa shape index (κ3) is 4.15. The van der Waals surface area contributed by atoms with Crippen molar-refractivity contribution in [3.63, 3.8) is 0 Å². The number of carbonyl (C=O) groups is 1. The van der Waals surface area contributed by atoms with Gasteiger partial charge in [-0.2, -0.15) is 5.10 Å². The van der Waals surface area contributed by atoms with Crippen LogP contribution in [0.4, 0.5) is 0 Å². The lowest BCUT2D eigenvalue weighted by Gasteiger charge is -2.13. The van der Waals surface area contributed by atoms with Gasteiger partial charge < -0.3 is 5.32 Å². The molecule has 0 radical (unpaired) electrons. The van der Waals surface area contributed by atoms with E-state index in [1.165, 1.54) is 5.56 Å². The summed E-state index contributed by atoms with van der Waals surface area (Å²) < 4.78 is 1.66. The molecule has 0 bridgehead atoms. The monoisotopic (exact) mass is 404 g/mol. The number of hydrogen-bond acceptors (Lipinski definition) is 3. The zero-order valence-corrected chi connectivity index (χ0v) is 16.8. The second-order valence-electron chi connectivity index (χ2n) is 7.00. The third-order valence-corrected chi connectivity index (χ3v) is 5.21. The van der Waals surface area contributed by atoms with E-state index in [1.807, 2.05) is 55.5 Å². The molecule has 0 spiro atoms. The molecular weight excluding hydrogens is 384 g/mol. The van der Waals surface area contributed by atoms with E-state index in [-0.39, 0.29) is 11.9 Å². The molecule has 2 heterocycles. The molecule has 6 heteroatoms. The van der Waals surface area contributed by atoms with Crippen LogP contribution in [-0.2, 0) is 6.42 Å². The van der Waals surface area contributed by atoms with Crippen LogP contribution < -0.4 is 5.32 Å². The minimum absolute atomic E-state index is 0.0319. The van der Waals surface area contributed by atoms with E-state index in [1.54, 1.807) is 16.9 Å². The van der Waals surface area contributed by atoms with E-state index in [0.29, 0.717) is 16.2 Å². The van der Waals surface area contributed by atoms with Crippen LogP contribution in [0.5, 0.6) is 0 Å². The van der Waals surface area contributed by atoms with Gasteiger partial charge in [0.1, 0.15) is 5.56 Å². The summed E-state index contributed by atoms with van der Waals surface area (Å²) in [6.45, 7) is 2.01. The molecule has 2 aromatic carbocycles. The molecule has 1 unspecified atom stereocenters. The molecular formula is C23H21ClN4O. The van der Waals surface area contributed by atoms with Gasteiger partial charge in [-0.1, -0.05) is 60.1 Å². The summed E-state index contributed by atoms with van der Waals surface area (Å²) >= 11 is 6.34. The predicted molar refractivity (Wildman–Crippen MR) is 115 cm³/mol. The van der Waals surface area contributed by atoms with Gasteiger partial charge in [0.25, 0.3) is 5.91 Å². The van der Waals surface area contributed by atoms with Crippen molar-refractivity contribution in [2.24, 2.45) is 0 Å². The number of carbonyl (C=O) groups excluding carboxylic acids is 1. The molecule has 1 atom stereocenters. The zero-order valence-electron chi connectivity index (χ0n) is 16.0. The Kier molecular flexibility index (Phi) is 5.58. The number of fused-ring (bicyclic) bond motifs is 1. The average Bonchev–Trinajstić information content (AvgIpc) is 3.18. The Bertz CT molecular complexity index is 1140. The van der Waals surface area contributed by atoms with E-state index in [9.17, 15) is 4.79 Å². The van der Waals surface area contributed by atoms with Crippen LogP contribution >= 0.6 is 11.6 Å². The first-order chi connectivity index (χ1) is 14.1. The van der Waals surface area contributed by atoms with Gasteiger partial charge in [-0.15, -0.1) is 0 Å². The summed E-state index contributed by atoms with van der Waals surface area (Å²) in [5.74, 6) is -0.177. The van der Waals surface area contributed by atoms with Crippen LogP contribution in [0.25, 0.3) is 16.9 Å². The largest absolute Gasteiger partial charge is 0.349 e. The summed E-state index contributed by atoms with van der Waals surface area (Å²) in [6, 6.07) is 19.7. The minimum Gasteiger partial charge on any atom is -0.349 e. The molecule has 2 aromatic heterocycles. The second-order valence-corrected chi connectivity index (χ2v) is 7.41. The molecule has 0 saturated carbocycles. The first-order valence-electron chi connectivity index (χ1n) is 9.56. The van der Waals surface area contributed by atoms with Gasteiger partial charge >= 0.3 is 0 Å². The molecule has 5 nitrogen and oxygen atoms in total. The van der Waals surface area contributed by atoms with Crippen molar-refractivity contribution >= 4 is 23.2 Å². The van der Waals surface area contributed by atoms with Gasteiger partial charge in [-0.3, -0.25) is 4.79 Å². The highest BCUT2D eigenvalue weighted by molar-refractivity contribution is 6.33. The maximum Gasteiger partial charge on any atom is 0.256 e. The molecule has 0 aliphatic carbocycles. The van der Waals surface area contributed by atoms with Crippen LogP contribution in [0.2, 0.25) is 5.02 Å². The lowest BCUT2D eigenvalue weighted by Crippen LogP contribution is -2.32. The van der Waals surface area contributed by atoms with E-state index < -0.39 is 0 Å². The van der Waals surface area contributed by atoms with Crippen LogP contribution in [-0.4, -0.2) is 26.5 Å². The molecule has 0 saturated heterocycles. The molecule has 4 rings (SSSR count). The van der Waals surface area contributed by atoms with E-state index >= 15 is 0 Å². The van der Waals surface area contributed by atoms with Crippen LogP contribution in [0.3, 0.4) is 0 Å². The first-order valence-corrected chi connectivity index (χ1v) is 9.93. The number of rotatable bonds is 6. The number of hydrogen-bond donors (Lipinski definition) is 1. The molecule has 146 valence electrons. The molecule has 0 fully saturated rings. The predicted octanol–water partition coefficient (Wildman–Crippen LogP) is 4.80. The van der Waals surface area contributed by atoms with Gasteiger partial charge in [-0.05, 0) is 37.5 Å². The Morgan fingerprint density at radius 3 is 2.66 bits per heavy atom. The number of aryl methyl sites for hydroxylation is 1. The lowest BCUT2D eigenvalue weighted by atomic mass is 10.1. The van der Waals surface area contributed by atoms with Crippen molar-refractivity contribution in [3.8, 4) is 11.3 Å². The van der Waals surface area contributed by atoms with E-state index in [2.05, 4.69) is 27.5 Å². The topological polar surface area (TPSA) is 59.3 Å². The van der Waals surface area contributed by atoms with E-state index in [0.717, 1.165) is 24.1 Å². The Morgan fingerprint density at radius 1 is 1.10 bits per heavy atom. The zero-order chi connectivity index (χ0) is 20.2. The fraction of sp³-hybridized carbons (Fsp3) is 0.174. The summed E-state index contributed by atoms with van der Waals surface area (Å²) in [7, 11) is 0. The summed E-state index contributed by atoms with van der Waals surface area (Å²) in [5.41, 5.74) is 3.85. The number of aromatic nitrogens is 3. The van der Waals surface area contributed by atoms with Gasteiger partial charge in [0.05, 0.1) is 11.9 Å². The number of nitrogens with zero attached hydrogens (tertiary/aromatic N) is 3. The Balaban J connectivity index is 1.53. The maximum atomic E-state index is 12.8. The molecule has 0 aliphatic heterocycles. The SMILES string of the molecule is CC(CCc1ccccc1)NC(=O)c1cnn2c(-c3ccccc3Cl)ccnc12. The van der Waals surface area contributed by atoms with Crippen molar-refractivity contribution in [1.82, 2.24) is 19.9 Å². The maximum absolute atomic E-state index is 12.8. The molecule has 29 heavy (non-hydrogen) atoms. The summed E-state index contributed by atoms with van der Waals surface area (Å²) in [6.07, 6.45) is 4.99. The smallest absolute Gasteiger partial charge is 0.256 e. The minimum atomic E-state index is -0.177. The van der Waals surface area contributed by atoms with Crippen molar-refractivity contribution in [2.75, 3.05) is 0 Å². The third-order valence-electron chi connectivity index (χ3n) is 4.88. The molecule has 4 aromatic rings. The molecule has 1 N–H and O–H groups in total. The number of amides is 1. The Morgan fingerprint density at radius 2 is 1.86 bits per heavy atom. The van der Waals surface area contributed by atoms with Crippen molar-refractivity contribution in [1.29, 1.82) is 0 Å². The van der Waals surface area contributed by atoms with Gasteiger partial charge in [0, 0.05) is 22.8 Å². The normalized spacial score (nSPS) is 12.1. The second kappa shape index (κ2) is 8.45. The van der Waals surface area contributed by atoms with Gasteiger partial charge in [0.15, 0.2) is 5.65 Å². The van der Waals surface area contributed by atoms with Gasteiger partial charge in [0.2, 0.25) is 0 Å². The highest BCUT2D eigenvalue weighted by Crippen LogP contribution is 2.27. The highest BCUT2D eigenvalue weighted by Gasteiger charge is 2.18. The molecule has 1 amide bonds. The Labute approximate surface area is 174 Å². The van der Waals surface area contributed by atoms with Gasteiger partial charge in [-0.25, -0.2) is 9.50 Å². The first kappa shape index (κ1) is 19.2. The summed E-state index contributed by atoms with van der Waals surface area (Å²) in [4.78, 5) is 17.2. The standard InChI is InChI=1S/C23H21ClN4O/c1-16(11-12-17-7-3-2-4-8-17)27-23(29)19-15-26-28-21(13-14-25-22(19)28)18-9-5-6-10-20(18)24/h2-10,13-16H,11-12H2,1H3,(H,27,29). The van der Waals surface area contributed by atoms with E-state index in [4.69, 9.17) is 11.6 Å². The van der Waals surface area contributed by atoms with Crippen molar-refractivity contribution in [3.05, 3.63) is 89.2 Å². The lowest BCUT2D eigenvalue weighted by molar-refractivity contribution is 0.0940. The van der Waals surface area contributed by atoms with Crippen molar-refractivity contribution < 1.29 is 4.79 Å². The van der Waals surface area contributed by atoms with Crippen LogP contribution in [0, 0.1) is 0 Å². The van der Waals surface area contributed by atoms with Crippen LogP contribution in [0.15, 0.2) is 73.1 Å².